The third-order valence-electron chi connectivity index (χ3n) is 4.25. The van der Waals surface area contributed by atoms with Crippen molar-refractivity contribution in [3.05, 3.63) is 36.3 Å². The molecule has 0 aliphatic rings. The zero-order chi connectivity index (χ0) is 16.6. The van der Waals surface area contributed by atoms with Gasteiger partial charge in [0.2, 0.25) is 0 Å². The number of imidazole rings is 1. The second kappa shape index (κ2) is 6.23. The number of benzene rings is 1. The van der Waals surface area contributed by atoms with E-state index in [0.29, 0.717) is 6.54 Å². The Morgan fingerprint density at radius 3 is 2.78 bits per heavy atom. The van der Waals surface area contributed by atoms with Crippen LogP contribution < -0.4 is 0 Å². The van der Waals surface area contributed by atoms with Gasteiger partial charge >= 0.3 is 144 Å². The van der Waals surface area contributed by atoms with E-state index in [2.05, 4.69) is 35.7 Å². The average molecular weight is 373 g/mol. The minimum atomic E-state index is -0.310. The Labute approximate surface area is 144 Å². The van der Waals surface area contributed by atoms with E-state index in [0.717, 1.165) is 27.6 Å². The van der Waals surface area contributed by atoms with E-state index in [4.69, 9.17) is 9.72 Å². The first-order valence-electron chi connectivity index (χ1n) is 7.56. The van der Waals surface area contributed by atoms with Gasteiger partial charge in [0.05, 0.1) is 0 Å². The summed E-state index contributed by atoms with van der Waals surface area (Å²) in [6.45, 7) is 4.81. The Bertz CT molecular complexity index is 844. The van der Waals surface area contributed by atoms with Gasteiger partial charge in [0, 0.05) is 0 Å². The molecule has 0 fully saturated rings. The van der Waals surface area contributed by atoms with Crippen molar-refractivity contribution in [2.75, 3.05) is 13.7 Å². The fourth-order valence-corrected chi connectivity index (χ4v) is 3.18. The van der Waals surface area contributed by atoms with Gasteiger partial charge in [0.25, 0.3) is 0 Å². The molecule has 0 saturated carbocycles. The third kappa shape index (κ3) is 2.67. The van der Waals surface area contributed by atoms with Crippen LogP contribution in [0.3, 0.4) is 0 Å². The summed E-state index contributed by atoms with van der Waals surface area (Å²) in [6, 6.07) is 8.05. The van der Waals surface area contributed by atoms with E-state index in [1.165, 1.54) is 0 Å². The number of fused-ring (bicyclic) bond motifs is 3. The molecule has 0 aliphatic heterocycles. The molecule has 0 spiro atoms. The summed E-state index contributed by atoms with van der Waals surface area (Å²) >= 11 is 2.56. The number of pyridine rings is 1. The Kier molecular flexibility index (Phi) is 4.45. The molecule has 120 valence electrons. The molecule has 2 heterocycles. The Morgan fingerprint density at radius 1 is 1.35 bits per heavy atom. The molecule has 1 aromatic carbocycles. The van der Waals surface area contributed by atoms with Gasteiger partial charge in [-0.25, -0.2) is 0 Å². The van der Waals surface area contributed by atoms with E-state index < -0.39 is 0 Å². The molecule has 6 heteroatoms. The van der Waals surface area contributed by atoms with Crippen LogP contribution in [0.15, 0.2) is 30.6 Å². The number of hydrogen-bond donors (Lipinski definition) is 1. The van der Waals surface area contributed by atoms with Crippen molar-refractivity contribution in [1.29, 1.82) is 0 Å². The summed E-state index contributed by atoms with van der Waals surface area (Å²) in [5.41, 5.74) is 3.42. The molecule has 1 unspecified atom stereocenters. The number of aliphatic hydroxyl groups excluding tert-OH is 1. The van der Waals surface area contributed by atoms with Crippen LogP contribution in [0.25, 0.3) is 21.9 Å². The number of ether oxygens (including phenoxy) is 1. The van der Waals surface area contributed by atoms with Gasteiger partial charge < -0.3 is 0 Å². The van der Waals surface area contributed by atoms with Gasteiger partial charge in [-0.05, 0) is 0 Å². The van der Waals surface area contributed by atoms with Crippen LogP contribution in [0, 0.1) is 0 Å². The van der Waals surface area contributed by atoms with Crippen LogP contribution in [0.5, 0.6) is 0 Å². The zero-order valence-corrected chi connectivity index (χ0v) is 15.4. The number of rotatable bonds is 5. The van der Waals surface area contributed by atoms with Gasteiger partial charge in [0.1, 0.15) is 0 Å². The fourth-order valence-electron chi connectivity index (χ4n) is 2.92. The predicted molar refractivity (Wildman–Crippen MR) is 91.7 cm³/mol. The average Bonchev–Trinajstić information content (AvgIpc) is 2.97. The summed E-state index contributed by atoms with van der Waals surface area (Å²) in [4.78, 5) is 9.43. The Balaban J connectivity index is 2.38. The molecule has 5 nitrogen and oxygen atoms in total. The summed E-state index contributed by atoms with van der Waals surface area (Å²) in [7, 11) is 1.70. The molecule has 2 radical (unpaired) electrons. The van der Waals surface area contributed by atoms with Crippen molar-refractivity contribution in [3.63, 3.8) is 0 Å². The van der Waals surface area contributed by atoms with E-state index >= 15 is 0 Å². The molecule has 0 amide bonds. The van der Waals surface area contributed by atoms with E-state index in [9.17, 15) is 5.11 Å². The molecule has 1 N–H and O–H groups in total. The summed E-state index contributed by atoms with van der Waals surface area (Å²) in [5, 5.41) is 10.4. The maximum atomic E-state index is 9.34. The number of aliphatic hydroxyl groups is 1. The van der Waals surface area contributed by atoms with Crippen LogP contribution in [0.2, 0.25) is 0 Å². The van der Waals surface area contributed by atoms with Crippen molar-refractivity contribution < 1.29 is 9.84 Å². The van der Waals surface area contributed by atoms with E-state index in [1.54, 1.807) is 13.4 Å². The van der Waals surface area contributed by atoms with Crippen molar-refractivity contribution >= 4 is 38.8 Å². The topological polar surface area (TPSA) is 60.2 Å². The molecule has 0 bridgehead atoms. The van der Waals surface area contributed by atoms with Crippen molar-refractivity contribution in [2.45, 2.75) is 30.7 Å². The molecule has 23 heavy (non-hydrogen) atoms. The number of methoxy groups -OCH3 is 1. The molecule has 0 saturated heterocycles. The van der Waals surface area contributed by atoms with E-state index in [-0.39, 0.29) is 16.9 Å². The fraction of sp³-hybridized carbons (Fsp3) is 0.412. The van der Waals surface area contributed by atoms with Crippen LogP contribution in [0.1, 0.15) is 19.5 Å². The van der Waals surface area contributed by atoms with E-state index in [1.807, 2.05) is 28.8 Å². The first-order chi connectivity index (χ1) is 11.0. The first kappa shape index (κ1) is 16.4. The van der Waals surface area contributed by atoms with Crippen LogP contribution >= 0.6 is 0 Å². The molecule has 2 aromatic heterocycles. The number of aromatic nitrogens is 3. The SMILES string of the molecule is COC([As])C(C)(C)c1nc2ccccc2c2c1ncn2CCO. The second-order valence-electron chi connectivity index (χ2n) is 6.15. The molecular formula is C17H20AsN3O2. The quantitative estimate of drug-likeness (QED) is 0.695. The standard InChI is InChI=1S/C17H20AsN3O2/c1-17(2,16(18)23-3)15-13-14(21(8-9-22)10-19-13)11-6-4-5-7-12(11)20-15/h4-7,10,16,22H,8-9H2,1-3H3. The van der Waals surface area contributed by atoms with Crippen LogP contribution in [0.4, 0.5) is 0 Å². The molecule has 3 rings (SSSR count). The predicted octanol–water partition coefficient (Wildman–Crippen LogP) is 2.00. The third-order valence-corrected chi connectivity index (χ3v) is 6.04. The normalized spacial score (nSPS) is 13.8. The van der Waals surface area contributed by atoms with Gasteiger partial charge in [-0.1, -0.05) is 0 Å². The van der Waals surface area contributed by atoms with Crippen molar-refractivity contribution in [3.8, 4) is 0 Å². The van der Waals surface area contributed by atoms with Gasteiger partial charge in [-0.2, -0.15) is 0 Å². The molecule has 1 atom stereocenters. The molecule has 0 aliphatic carbocycles. The first-order valence-corrected chi connectivity index (χ1v) is 8.64. The molecule has 3 aromatic rings. The number of hydrogen-bond acceptors (Lipinski definition) is 4. The Hall–Kier alpha value is -1.42. The van der Waals surface area contributed by atoms with Gasteiger partial charge in [0.15, 0.2) is 0 Å². The summed E-state index contributed by atoms with van der Waals surface area (Å²) < 4.78 is 7.53. The summed E-state index contributed by atoms with van der Waals surface area (Å²) in [5.74, 6) is 0. The maximum absolute atomic E-state index is 9.34. The second-order valence-corrected chi connectivity index (χ2v) is 7.13. The summed E-state index contributed by atoms with van der Waals surface area (Å²) in [6.07, 6.45) is 1.78. The van der Waals surface area contributed by atoms with Crippen LogP contribution in [-0.4, -0.2) is 55.1 Å². The van der Waals surface area contributed by atoms with Crippen molar-refractivity contribution in [1.82, 2.24) is 14.5 Å². The van der Waals surface area contributed by atoms with Crippen LogP contribution in [-0.2, 0) is 16.7 Å². The zero-order valence-electron chi connectivity index (χ0n) is 13.5. The molecular weight excluding hydrogens is 353 g/mol. The van der Waals surface area contributed by atoms with Gasteiger partial charge in [-0.15, -0.1) is 0 Å². The van der Waals surface area contributed by atoms with Crippen molar-refractivity contribution in [2.24, 2.45) is 0 Å². The Morgan fingerprint density at radius 2 is 2.09 bits per heavy atom. The number of nitrogens with zero attached hydrogens (tertiary/aromatic N) is 3. The number of para-hydroxylation sites is 1. The minimum absolute atomic E-state index is 0.0603. The monoisotopic (exact) mass is 373 g/mol. The van der Waals surface area contributed by atoms with Gasteiger partial charge in [-0.3, -0.25) is 0 Å².